The van der Waals surface area contributed by atoms with Crippen LogP contribution in [0.3, 0.4) is 0 Å². The molecule has 4 nitrogen and oxygen atoms in total. The first kappa shape index (κ1) is 16.0. The number of aliphatic hydroxyl groups is 1. The Morgan fingerprint density at radius 3 is 2.79 bits per heavy atom. The van der Waals surface area contributed by atoms with Crippen LogP contribution in [-0.2, 0) is 11.3 Å². The molecule has 4 heteroatoms. The second kappa shape index (κ2) is 9.78. The van der Waals surface area contributed by atoms with Gasteiger partial charge in [0.1, 0.15) is 12.4 Å². The van der Waals surface area contributed by atoms with Crippen molar-refractivity contribution in [3.63, 3.8) is 0 Å². The van der Waals surface area contributed by atoms with E-state index in [1.54, 1.807) is 0 Å². The molecule has 1 aromatic carbocycles. The lowest BCUT2D eigenvalue weighted by Gasteiger charge is -2.14. The molecule has 0 heterocycles. The summed E-state index contributed by atoms with van der Waals surface area (Å²) in [4.78, 5) is 0. The van der Waals surface area contributed by atoms with Gasteiger partial charge >= 0.3 is 0 Å². The number of rotatable bonds is 10. The Hall–Kier alpha value is -1.10. The van der Waals surface area contributed by atoms with Crippen molar-refractivity contribution in [3.05, 3.63) is 29.3 Å². The summed E-state index contributed by atoms with van der Waals surface area (Å²) in [6.07, 6.45) is 1.12. The van der Waals surface area contributed by atoms with E-state index in [2.05, 4.69) is 18.3 Å². The number of aryl methyl sites for hydroxylation is 1. The minimum absolute atomic E-state index is 0.0521. The van der Waals surface area contributed by atoms with E-state index in [1.165, 1.54) is 5.56 Å². The first-order valence-electron chi connectivity index (χ1n) is 6.90. The molecule has 0 aliphatic carbocycles. The molecule has 0 fully saturated rings. The fourth-order valence-corrected chi connectivity index (χ4v) is 1.83. The number of hydrogen-bond donors (Lipinski definition) is 2. The zero-order chi connectivity index (χ0) is 13.9. The fourth-order valence-electron chi connectivity index (χ4n) is 1.83. The van der Waals surface area contributed by atoms with Gasteiger partial charge in [0.05, 0.1) is 19.8 Å². The molecule has 0 aliphatic rings. The molecule has 1 aromatic rings. The van der Waals surface area contributed by atoms with E-state index in [0.717, 1.165) is 30.8 Å². The minimum Gasteiger partial charge on any atom is -0.491 e. The van der Waals surface area contributed by atoms with E-state index in [0.29, 0.717) is 19.8 Å². The molecule has 0 unspecified atom stereocenters. The lowest BCUT2D eigenvalue weighted by atomic mass is 10.1. The first-order chi connectivity index (χ1) is 9.29. The van der Waals surface area contributed by atoms with E-state index in [9.17, 15) is 0 Å². The number of nitrogens with one attached hydrogen (secondary N) is 1. The molecule has 0 radical (unpaired) electrons. The SMILES string of the molecule is CCCNCc1cccc(C)c1OCCOCCO. The van der Waals surface area contributed by atoms with Crippen LogP contribution in [0.5, 0.6) is 5.75 Å². The molecule has 0 spiro atoms. The van der Waals surface area contributed by atoms with Gasteiger partial charge in [-0.3, -0.25) is 0 Å². The Labute approximate surface area is 115 Å². The highest BCUT2D eigenvalue weighted by atomic mass is 16.5. The summed E-state index contributed by atoms with van der Waals surface area (Å²) in [5, 5.41) is 12.0. The van der Waals surface area contributed by atoms with E-state index in [-0.39, 0.29) is 6.61 Å². The Morgan fingerprint density at radius 1 is 1.21 bits per heavy atom. The fraction of sp³-hybridized carbons (Fsp3) is 0.600. The number of aliphatic hydroxyl groups excluding tert-OH is 1. The van der Waals surface area contributed by atoms with Gasteiger partial charge in [0.15, 0.2) is 0 Å². The van der Waals surface area contributed by atoms with Crippen molar-refractivity contribution < 1.29 is 14.6 Å². The van der Waals surface area contributed by atoms with Gasteiger partial charge in [-0.15, -0.1) is 0 Å². The molecule has 108 valence electrons. The van der Waals surface area contributed by atoms with Crippen molar-refractivity contribution >= 4 is 0 Å². The van der Waals surface area contributed by atoms with Crippen LogP contribution < -0.4 is 10.1 Å². The molecule has 0 atom stereocenters. The molecular weight excluding hydrogens is 242 g/mol. The Bertz CT molecular complexity index is 355. The van der Waals surface area contributed by atoms with Crippen LogP contribution in [0.25, 0.3) is 0 Å². The van der Waals surface area contributed by atoms with E-state index >= 15 is 0 Å². The standard InChI is InChI=1S/C15H25NO3/c1-3-7-16-12-14-6-4-5-13(2)15(14)19-11-10-18-9-8-17/h4-6,16-17H,3,7-12H2,1-2H3. The summed E-state index contributed by atoms with van der Waals surface area (Å²) in [7, 11) is 0. The Balaban J connectivity index is 2.49. The summed E-state index contributed by atoms with van der Waals surface area (Å²) >= 11 is 0. The quantitative estimate of drug-likeness (QED) is 0.636. The molecule has 1 rings (SSSR count). The summed E-state index contributed by atoms with van der Waals surface area (Å²) in [5.41, 5.74) is 2.31. The zero-order valence-electron chi connectivity index (χ0n) is 11.9. The highest BCUT2D eigenvalue weighted by molar-refractivity contribution is 5.40. The maximum Gasteiger partial charge on any atom is 0.126 e. The van der Waals surface area contributed by atoms with Gasteiger partial charge < -0.3 is 19.9 Å². The molecular formula is C15H25NO3. The minimum atomic E-state index is 0.0521. The van der Waals surface area contributed by atoms with Crippen LogP contribution in [0.15, 0.2) is 18.2 Å². The number of para-hydroxylation sites is 1. The van der Waals surface area contributed by atoms with Gasteiger partial charge in [-0.25, -0.2) is 0 Å². The van der Waals surface area contributed by atoms with Crippen LogP contribution in [0, 0.1) is 6.92 Å². The van der Waals surface area contributed by atoms with Crippen LogP contribution in [-0.4, -0.2) is 38.1 Å². The Morgan fingerprint density at radius 2 is 2.05 bits per heavy atom. The van der Waals surface area contributed by atoms with Gasteiger partial charge in [-0.2, -0.15) is 0 Å². The molecule has 0 aromatic heterocycles. The average Bonchev–Trinajstić information content (AvgIpc) is 2.41. The van der Waals surface area contributed by atoms with Crippen molar-refractivity contribution in [2.45, 2.75) is 26.8 Å². The number of ether oxygens (including phenoxy) is 2. The van der Waals surface area contributed by atoms with Crippen molar-refractivity contribution in [3.8, 4) is 5.75 Å². The van der Waals surface area contributed by atoms with E-state index in [4.69, 9.17) is 14.6 Å². The molecule has 0 saturated carbocycles. The third-order valence-corrected chi connectivity index (χ3v) is 2.75. The van der Waals surface area contributed by atoms with Gasteiger partial charge in [0.25, 0.3) is 0 Å². The lowest BCUT2D eigenvalue weighted by Crippen LogP contribution is -2.16. The molecule has 0 aliphatic heterocycles. The summed E-state index contributed by atoms with van der Waals surface area (Å²) in [6.45, 7) is 7.45. The second-order valence-electron chi connectivity index (χ2n) is 4.42. The van der Waals surface area contributed by atoms with Crippen molar-refractivity contribution in [1.82, 2.24) is 5.32 Å². The lowest BCUT2D eigenvalue weighted by molar-refractivity contribution is 0.0701. The number of benzene rings is 1. The molecule has 0 bridgehead atoms. The maximum absolute atomic E-state index is 8.62. The molecule has 0 saturated heterocycles. The third kappa shape index (κ3) is 6.05. The third-order valence-electron chi connectivity index (χ3n) is 2.75. The number of hydrogen-bond acceptors (Lipinski definition) is 4. The molecule has 19 heavy (non-hydrogen) atoms. The van der Waals surface area contributed by atoms with Crippen LogP contribution >= 0.6 is 0 Å². The summed E-state index contributed by atoms with van der Waals surface area (Å²) in [5.74, 6) is 0.943. The van der Waals surface area contributed by atoms with E-state index in [1.807, 2.05) is 19.1 Å². The molecule has 0 amide bonds. The van der Waals surface area contributed by atoms with E-state index < -0.39 is 0 Å². The zero-order valence-corrected chi connectivity index (χ0v) is 11.9. The smallest absolute Gasteiger partial charge is 0.126 e. The summed E-state index contributed by atoms with van der Waals surface area (Å²) in [6, 6.07) is 6.18. The average molecular weight is 267 g/mol. The topological polar surface area (TPSA) is 50.7 Å². The Kier molecular flexibility index (Phi) is 8.21. The van der Waals surface area contributed by atoms with Crippen molar-refractivity contribution in [1.29, 1.82) is 0 Å². The van der Waals surface area contributed by atoms with Gasteiger partial charge in [0, 0.05) is 12.1 Å². The predicted octanol–water partition coefficient (Wildman–Crippen LogP) is 1.88. The van der Waals surface area contributed by atoms with Crippen LogP contribution in [0.1, 0.15) is 24.5 Å². The maximum atomic E-state index is 8.62. The van der Waals surface area contributed by atoms with Gasteiger partial charge in [-0.1, -0.05) is 25.1 Å². The highest BCUT2D eigenvalue weighted by Gasteiger charge is 2.06. The van der Waals surface area contributed by atoms with Gasteiger partial charge in [0.2, 0.25) is 0 Å². The van der Waals surface area contributed by atoms with Crippen LogP contribution in [0.2, 0.25) is 0 Å². The second-order valence-corrected chi connectivity index (χ2v) is 4.42. The van der Waals surface area contributed by atoms with Crippen LogP contribution in [0.4, 0.5) is 0 Å². The highest BCUT2D eigenvalue weighted by Crippen LogP contribution is 2.23. The first-order valence-corrected chi connectivity index (χ1v) is 6.90. The summed E-state index contributed by atoms with van der Waals surface area (Å²) < 4.78 is 11.0. The largest absolute Gasteiger partial charge is 0.491 e. The normalized spacial score (nSPS) is 10.7. The molecule has 2 N–H and O–H groups in total. The van der Waals surface area contributed by atoms with Gasteiger partial charge in [-0.05, 0) is 25.5 Å². The predicted molar refractivity (Wildman–Crippen MR) is 76.6 cm³/mol. The van der Waals surface area contributed by atoms with Crippen molar-refractivity contribution in [2.75, 3.05) is 33.0 Å². The van der Waals surface area contributed by atoms with Crippen molar-refractivity contribution in [2.24, 2.45) is 0 Å². The monoisotopic (exact) mass is 267 g/mol.